The third-order valence-electron chi connectivity index (χ3n) is 7.10. The van der Waals surface area contributed by atoms with Gasteiger partial charge in [-0.1, -0.05) is 36.7 Å². The van der Waals surface area contributed by atoms with E-state index in [1.54, 1.807) is 6.07 Å². The van der Waals surface area contributed by atoms with Crippen LogP contribution < -0.4 is 23.8 Å². The lowest BCUT2D eigenvalue weighted by Crippen LogP contribution is -2.52. The molecule has 0 bridgehead atoms. The molecule has 10 nitrogen and oxygen atoms in total. The summed E-state index contributed by atoms with van der Waals surface area (Å²) in [6.45, 7) is 4.15. The highest BCUT2D eigenvalue weighted by Gasteiger charge is 2.35. The van der Waals surface area contributed by atoms with Gasteiger partial charge in [-0.15, -0.1) is 0 Å². The molecule has 0 saturated carbocycles. The fourth-order valence-electron chi connectivity index (χ4n) is 4.33. The van der Waals surface area contributed by atoms with Gasteiger partial charge in [-0.05, 0) is 56.7 Å². The van der Waals surface area contributed by atoms with E-state index in [2.05, 4.69) is 5.32 Å². The number of hydrogen-bond acceptors (Lipinski definition) is 7. The number of carbonyl (C=O) groups excluding carboxylic acids is 2. The monoisotopic (exact) mass is 649 g/mol. The van der Waals surface area contributed by atoms with Crippen LogP contribution in [0.5, 0.6) is 17.2 Å². The highest BCUT2D eigenvalue weighted by Crippen LogP contribution is 2.37. The van der Waals surface area contributed by atoms with Crippen molar-refractivity contribution in [2.45, 2.75) is 50.7 Å². The first kappa shape index (κ1) is 34.5. The Hall–Kier alpha value is -4.03. The van der Waals surface area contributed by atoms with Crippen LogP contribution in [0.1, 0.15) is 32.8 Å². The second kappa shape index (κ2) is 15.1. The first-order valence-electron chi connectivity index (χ1n) is 13.8. The number of ether oxygens (including phenoxy) is 3. The van der Waals surface area contributed by atoms with Crippen LogP contribution >= 0.6 is 11.6 Å². The minimum Gasteiger partial charge on any atom is -0.495 e. The summed E-state index contributed by atoms with van der Waals surface area (Å²) < 4.78 is 60.1. The standard InChI is InChI=1S/C31H37ClFN3O7S/c1-7-20(2)34-31(38)21(3)35(18-22-10-8-9-11-25(22)33)30(37)19-36(26-16-23(32)12-14-27(26)41-4)44(39,40)24-13-15-28(42-5)29(17-24)43-6/h8-17,20-21H,7,18-19H2,1-6H3,(H,34,38)/t20-,21+/m0/s1. The highest BCUT2D eigenvalue weighted by atomic mass is 35.5. The van der Waals surface area contributed by atoms with Crippen LogP contribution in [0, 0.1) is 5.82 Å². The Morgan fingerprint density at radius 2 is 1.57 bits per heavy atom. The van der Waals surface area contributed by atoms with Crippen molar-refractivity contribution in [1.82, 2.24) is 10.2 Å². The van der Waals surface area contributed by atoms with E-state index >= 15 is 0 Å². The first-order valence-corrected chi connectivity index (χ1v) is 15.6. The smallest absolute Gasteiger partial charge is 0.265 e. The van der Waals surface area contributed by atoms with E-state index in [-0.39, 0.29) is 45.3 Å². The molecule has 0 heterocycles. The van der Waals surface area contributed by atoms with Gasteiger partial charge >= 0.3 is 0 Å². The molecule has 2 atom stereocenters. The van der Waals surface area contributed by atoms with E-state index in [1.807, 2.05) is 13.8 Å². The van der Waals surface area contributed by atoms with Crippen molar-refractivity contribution in [3.05, 3.63) is 77.1 Å². The minimum absolute atomic E-state index is 0.0225. The number of anilines is 1. The number of sulfonamides is 1. The normalized spacial score (nSPS) is 12.5. The van der Waals surface area contributed by atoms with Crippen LogP contribution in [0.25, 0.3) is 0 Å². The molecule has 13 heteroatoms. The summed E-state index contributed by atoms with van der Waals surface area (Å²) in [7, 11) is -0.377. The van der Waals surface area contributed by atoms with E-state index in [4.69, 9.17) is 25.8 Å². The maximum Gasteiger partial charge on any atom is 0.265 e. The molecule has 238 valence electrons. The summed E-state index contributed by atoms with van der Waals surface area (Å²) in [6.07, 6.45) is 0.644. The number of rotatable bonds is 14. The SMILES string of the molecule is CC[C@H](C)NC(=O)[C@@H](C)N(Cc1ccccc1F)C(=O)CN(c1cc(Cl)ccc1OC)S(=O)(=O)c1ccc(OC)c(OC)c1. The van der Waals surface area contributed by atoms with Crippen LogP contribution in [0.3, 0.4) is 0 Å². The Bertz CT molecular complexity index is 1590. The Morgan fingerprint density at radius 1 is 0.932 bits per heavy atom. The maximum absolute atomic E-state index is 14.8. The molecular formula is C31H37ClFN3O7S. The minimum atomic E-state index is -4.50. The van der Waals surface area contributed by atoms with Gasteiger partial charge in [0.1, 0.15) is 24.2 Å². The topological polar surface area (TPSA) is 114 Å². The van der Waals surface area contributed by atoms with Crippen LogP contribution in [0.15, 0.2) is 65.6 Å². The molecule has 3 aromatic carbocycles. The maximum atomic E-state index is 14.8. The zero-order valence-corrected chi connectivity index (χ0v) is 27.0. The molecular weight excluding hydrogens is 613 g/mol. The van der Waals surface area contributed by atoms with Crippen molar-refractivity contribution in [1.29, 1.82) is 0 Å². The average molecular weight is 650 g/mol. The molecule has 0 aliphatic rings. The van der Waals surface area contributed by atoms with Gasteiger partial charge in [-0.25, -0.2) is 12.8 Å². The number of hydrogen-bond donors (Lipinski definition) is 1. The van der Waals surface area contributed by atoms with E-state index < -0.39 is 40.2 Å². The largest absolute Gasteiger partial charge is 0.495 e. The van der Waals surface area contributed by atoms with Crippen molar-refractivity contribution in [3.63, 3.8) is 0 Å². The van der Waals surface area contributed by atoms with Crippen molar-refractivity contribution < 1.29 is 36.6 Å². The Kier molecular flexibility index (Phi) is 11.8. The molecule has 1 N–H and O–H groups in total. The van der Waals surface area contributed by atoms with E-state index in [9.17, 15) is 22.4 Å². The molecule has 0 unspecified atom stereocenters. The van der Waals surface area contributed by atoms with Gasteiger partial charge in [0.15, 0.2) is 11.5 Å². The molecule has 3 aromatic rings. The third kappa shape index (κ3) is 7.92. The van der Waals surface area contributed by atoms with E-state index in [0.29, 0.717) is 12.2 Å². The van der Waals surface area contributed by atoms with Gasteiger partial charge in [0.05, 0.1) is 31.9 Å². The van der Waals surface area contributed by atoms with Gasteiger partial charge < -0.3 is 24.4 Å². The predicted octanol–water partition coefficient (Wildman–Crippen LogP) is 5.03. The second-order valence-corrected chi connectivity index (χ2v) is 12.3. The fourth-order valence-corrected chi connectivity index (χ4v) is 5.93. The van der Waals surface area contributed by atoms with E-state index in [0.717, 1.165) is 9.21 Å². The van der Waals surface area contributed by atoms with Gasteiger partial charge in [-0.3, -0.25) is 13.9 Å². The third-order valence-corrected chi connectivity index (χ3v) is 9.09. The number of carbonyl (C=O) groups is 2. The lowest BCUT2D eigenvalue weighted by atomic mass is 10.1. The van der Waals surface area contributed by atoms with Crippen molar-refractivity contribution >= 4 is 39.1 Å². The van der Waals surface area contributed by atoms with Gasteiger partial charge in [0, 0.05) is 29.2 Å². The molecule has 2 amide bonds. The van der Waals surface area contributed by atoms with Gasteiger partial charge in [0.2, 0.25) is 11.8 Å². The molecule has 0 fully saturated rings. The highest BCUT2D eigenvalue weighted by molar-refractivity contribution is 7.92. The molecule has 0 saturated heterocycles. The van der Waals surface area contributed by atoms with Crippen LogP contribution in [0.2, 0.25) is 5.02 Å². The number of methoxy groups -OCH3 is 3. The number of nitrogens with one attached hydrogen (secondary N) is 1. The average Bonchev–Trinajstić information content (AvgIpc) is 3.02. The summed E-state index contributed by atoms with van der Waals surface area (Å²) in [6, 6.07) is 12.9. The van der Waals surface area contributed by atoms with Gasteiger partial charge in [0.25, 0.3) is 10.0 Å². The van der Waals surface area contributed by atoms with Crippen molar-refractivity contribution in [3.8, 4) is 17.2 Å². The lowest BCUT2D eigenvalue weighted by molar-refractivity contribution is -0.139. The molecule has 0 aromatic heterocycles. The first-order chi connectivity index (χ1) is 20.9. The van der Waals surface area contributed by atoms with Crippen molar-refractivity contribution in [2.24, 2.45) is 0 Å². The number of nitrogens with zero attached hydrogens (tertiary/aromatic N) is 2. The molecule has 3 rings (SSSR count). The Morgan fingerprint density at radius 3 is 2.18 bits per heavy atom. The Balaban J connectivity index is 2.15. The fraction of sp³-hybridized carbons (Fsp3) is 0.355. The second-order valence-electron chi connectivity index (χ2n) is 9.95. The Labute approximate surface area is 262 Å². The molecule has 0 aliphatic heterocycles. The molecule has 0 radical (unpaired) electrons. The van der Waals surface area contributed by atoms with Crippen LogP contribution in [-0.4, -0.2) is 65.1 Å². The summed E-state index contributed by atoms with van der Waals surface area (Å²) >= 11 is 6.28. The zero-order valence-electron chi connectivity index (χ0n) is 25.5. The number of halogens is 2. The number of amides is 2. The van der Waals surface area contributed by atoms with Crippen LogP contribution in [0.4, 0.5) is 10.1 Å². The van der Waals surface area contributed by atoms with Gasteiger partial charge in [-0.2, -0.15) is 0 Å². The quantitative estimate of drug-likeness (QED) is 0.261. The lowest BCUT2D eigenvalue weighted by Gasteiger charge is -2.33. The van der Waals surface area contributed by atoms with E-state index in [1.165, 1.54) is 82.9 Å². The summed E-state index contributed by atoms with van der Waals surface area (Å²) in [5.41, 5.74) is 0.129. The van der Waals surface area contributed by atoms with Crippen LogP contribution in [-0.2, 0) is 26.2 Å². The predicted molar refractivity (Wildman–Crippen MR) is 166 cm³/mol. The summed E-state index contributed by atoms with van der Waals surface area (Å²) in [5.74, 6) is -1.26. The number of benzene rings is 3. The molecule has 0 aliphatic carbocycles. The molecule has 0 spiro atoms. The van der Waals surface area contributed by atoms with Crippen molar-refractivity contribution in [2.75, 3.05) is 32.2 Å². The molecule has 44 heavy (non-hydrogen) atoms. The summed E-state index contributed by atoms with van der Waals surface area (Å²) in [5, 5.41) is 3.02. The zero-order chi connectivity index (χ0) is 32.6. The summed E-state index contributed by atoms with van der Waals surface area (Å²) in [4.78, 5) is 28.2.